The third-order valence-electron chi connectivity index (χ3n) is 3.69. The van der Waals surface area contributed by atoms with Crippen LogP contribution < -0.4 is 5.32 Å². The predicted molar refractivity (Wildman–Crippen MR) is 108 cm³/mol. The summed E-state index contributed by atoms with van der Waals surface area (Å²) in [6, 6.07) is 0. The predicted octanol–water partition coefficient (Wildman–Crippen LogP) is 4.25. The minimum absolute atomic E-state index is 0.0484. The number of nitrogens with one attached hydrogen (secondary N) is 1. The highest BCUT2D eigenvalue weighted by Gasteiger charge is 2.51. The second kappa shape index (κ2) is 15.6. The summed E-state index contributed by atoms with van der Waals surface area (Å²) in [6.45, 7) is 6.87. The van der Waals surface area contributed by atoms with Gasteiger partial charge in [0.05, 0.1) is 26.4 Å². The second-order valence-electron chi connectivity index (χ2n) is 5.93. The summed E-state index contributed by atoms with van der Waals surface area (Å²) >= 11 is 0. The van der Waals surface area contributed by atoms with Crippen LogP contribution in [0.3, 0.4) is 0 Å². The van der Waals surface area contributed by atoms with Gasteiger partial charge in [0, 0.05) is 13.0 Å². The van der Waals surface area contributed by atoms with Crippen molar-refractivity contribution in [1.82, 2.24) is 5.32 Å². The summed E-state index contributed by atoms with van der Waals surface area (Å²) in [4.78, 5) is 12.4. The molecule has 0 atom stereocenters. The van der Waals surface area contributed by atoms with Crippen LogP contribution in [0.5, 0.6) is 0 Å². The molecule has 0 aliphatic rings. The van der Waals surface area contributed by atoms with Crippen molar-refractivity contribution in [3.8, 4) is 0 Å². The van der Waals surface area contributed by atoms with Gasteiger partial charge in [-0.2, -0.15) is 0 Å². The van der Waals surface area contributed by atoms with Crippen molar-refractivity contribution >= 4 is 21.1 Å². The molecule has 0 heterocycles. The minimum atomic E-state index is -3.99. The van der Waals surface area contributed by atoms with E-state index in [0.29, 0.717) is 6.42 Å². The van der Waals surface area contributed by atoms with Crippen LogP contribution in [-0.2, 0) is 32.0 Å². The van der Waals surface area contributed by atoms with Gasteiger partial charge in [-0.3, -0.25) is 13.9 Å². The fraction of sp³-hybridized carbons (Fsp3) is 0.941. The molecule has 0 radical (unpaired) electrons. The van der Waals surface area contributed by atoms with Crippen LogP contribution in [0, 0.1) is 0 Å². The number of amides is 1. The van der Waals surface area contributed by atoms with Gasteiger partial charge >= 0.3 is 15.2 Å². The summed E-state index contributed by atoms with van der Waals surface area (Å²) < 4.78 is 47.8. The molecule has 0 aliphatic carbocycles. The topological polar surface area (TPSA) is 120 Å². The fourth-order valence-corrected chi connectivity index (χ4v) is 7.50. The quantitative estimate of drug-likeness (QED) is 0.237. The molecule has 0 aliphatic heterocycles. The molecule has 0 unspecified atom stereocenters. The van der Waals surface area contributed by atoms with Crippen LogP contribution in [0.4, 0.5) is 0 Å². The first kappa shape index (κ1) is 27.7. The summed E-state index contributed by atoms with van der Waals surface area (Å²) in [7, 11) is -7.98. The van der Waals surface area contributed by atoms with Crippen LogP contribution in [0.1, 0.15) is 66.2 Å². The molecule has 0 aromatic heterocycles. The molecule has 0 rings (SSSR count). The lowest BCUT2D eigenvalue weighted by Gasteiger charge is -2.31. The Balaban J connectivity index is 5.30. The van der Waals surface area contributed by atoms with Crippen molar-refractivity contribution in [3.63, 3.8) is 0 Å². The van der Waals surface area contributed by atoms with Crippen molar-refractivity contribution in [2.45, 2.75) is 71.7 Å². The molecule has 0 bridgehead atoms. The van der Waals surface area contributed by atoms with E-state index < -0.39 is 26.6 Å². The molecule has 0 aromatic carbocycles. The van der Waals surface area contributed by atoms with Gasteiger partial charge in [0.1, 0.15) is 0 Å². The Morgan fingerprint density at radius 3 is 1.57 bits per heavy atom. The summed E-state index contributed by atoms with van der Waals surface area (Å²) in [5.74, 6) is -0.425. The fourth-order valence-electron chi connectivity index (χ4n) is 2.55. The first-order chi connectivity index (χ1) is 13.3. The Kier molecular flexibility index (Phi) is 15.4. The van der Waals surface area contributed by atoms with Gasteiger partial charge in [0.2, 0.25) is 11.4 Å². The lowest BCUT2D eigenvalue weighted by Crippen LogP contribution is -2.37. The number of rotatable bonds is 18. The van der Waals surface area contributed by atoms with Crippen LogP contribution in [0.15, 0.2) is 0 Å². The van der Waals surface area contributed by atoms with Crippen LogP contribution >= 0.6 is 15.2 Å². The molecule has 28 heavy (non-hydrogen) atoms. The van der Waals surface area contributed by atoms with Crippen molar-refractivity contribution in [2.24, 2.45) is 0 Å². The zero-order valence-corrected chi connectivity index (χ0v) is 19.3. The van der Waals surface area contributed by atoms with E-state index in [0.717, 1.165) is 25.7 Å². The zero-order valence-electron chi connectivity index (χ0n) is 17.6. The summed E-state index contributed by atoms with van der Waals surface area (Å²) in [5.41, 5.74) is -1.53. The minimum Gasteiger partial charge on any atom is -0.396 e. The number of aliphatic hydroxyl groups excluding tert-OH is 1. The number of hydrogen-bond acceptors (Lipinski definition) is 8. The number of aliphatic hydroxyl groups is 1. The van der Waals surface area contributed by atoms with Crippen molar-refractivity contribution in [1.29, 1.82) is 0 Å². The van der Waals surface area contributed by atoms with E-state index in [4.69, 9.17) is 23.2 Å². The Morgan fingerprint density at radius 1 is 0.786 bits per heavy atom. The van der Waals surface area contributed by atoms with Crippen molar-refractivity contribution < 1.29 is 37.1 Å². The maximum absolute atomic E-state index is 13.3. The van der Waals surface area contributed by atoms with E-state index in [1.807, 2.05) is 0 Å². The first-order valence-electron chi connectivity index (χ1n) is 10.0. The van der Waals surface area contributed by atoms with Gasteiger partial charge in [-0.15, -0.1) is 0 Å². The van der Waals surface area contributed by atoms with E-state index in [9.17, 15) is 13.9 Å². The third-order valence-corrected chi connectivity index (χ3v) is 9.31. The van der Waals surface area contributed by atoms with E-state index in [1.54, 1.807) is 27.7 Å². The van der Waals surface area contributed by atoms with Gasteiger partial charge < -0.3 is 28.5 Å². The average Bonchev–Trinajstić information content (AvgIpc) is 2.63. The highest BCUT2D eigenvalue weighted by molar-refractivity contribution is 7.72. The highest BCUT2D eigenvalue weighted by atomic mass is 31.2. The molecular weight excluding hydrogens is 408 g/mol. The highest BCUT2D eigenvalue weighted by Crippen LogP contribution is 2.69. The summed E-state index contributed by atoms with van der Waals surface area (Å²) in [5, 5.41) is 11.3. The van der Waals surface area contributed by atoms with Crippen LogP contribution in [-0.4, -0.2) is 49.6 Å². The Hall–Kier alpha value is -0.270. The molecule has 0 saturated carbocycles. The monoisotopic (exact) mass is 445 g/mol. The van der Waals surface area contributed by atoms with Gasteiger partial charge in [-0.25, -0.2) is 0 Å². The number of carbonyl (C=O) groups is 1. The number of carbonyl (C=O) groups excluding carboxylic acids is 1. The van der Waals surface area contributed by atoms with Crippen LogP contribution in [0.2, 0.25) is 0 Å². The molecule has 11 heteroatoms. The Morgan fingerprint density at radius 2 is 1.18 bits per heavy atom. The van der Waals surface area contributed by atoms with E-state index >= 15 is 0 Å². The standard InChI is InChI=1S/C17H37NO8P2/c1-5-23-27(21,24-6-2)17(28(22,25-7-3)26-8-4)18-16(20)14-12-10-9-11-13-15-19/h17,19H,5-15H2,1-4H3,(H,18,20). The molecule has 2 N–H and O–H groups in total. The number of unbranched alkanes of at least 4 members (excludes halogenated alkanes) is 4. The molecule has 0 fully saturated rings. The molecule has 1 amide bonds. The van der Waals surface area contributed by atoms with Crippen LogP contribution in [0.25, 0.3) is 0 Å². The van der Waals surface area contributed by atoms with E-state index in [-0.39, 0.29) is 39.5 Å². The van der Waals surface area contributed by atoms with E-state index in [1.165, 1.54) is 0 Å². The Labute approximate surface area is 168 Å². The van der Waals surface area contributed by atoms with Gasteiger partial charge in [0.15, 0.2) is 0 Å². The largest absolute Gasteiger partial charge is 0.396 e. The second-order valence-corrected chi connectivity index (χ2v) is 10.6. The first-order valence-corrected chi connectivity index (χ1v) is 13.2. The molecule has 168 valence electrons. The van der Waals surface area contributed by atoms with Crippen molar-refractivity contribution in [3.05, 3.63) is 0 Å². The van der Waals surface area contributed by atoms with E-state index in [2.05, 4.69) is 5.32 Å². The molecule has 0 saturated heterocycles. The maximum atomic E-state index is 13.3. The summed E-state index contributed by atoms with van der Waals surface area (Å²) in [6.07, 6.45) is 4.16. The maximum Gasteiger partial charge on any atom is 0.365 e. The SMILES string of the molecule is CCOP(=O)(OCC)C(NC(=O)CCCCCCCO)P(=O)(OCC)OCC. The van der Waals surface area contributed by atoms with Gasteiger partial charge in [-0.05, 0) is 40.5 Å². The molecule has 9 nitrogen and oxygen atoms in total. The van der Waals surface area contributed by atoms with Crippen molar-refractivity contribution in [2.75, 3.05) is 33.0 Å². The number of hydrogen-bond donors (Lipinski definition) is 2. The molecule has 0 aromatic rings. The smallest absolute Gasteiger partial charge is 0.365 e. The van der Waals surface area contributed by atoms with Gasteiger partial charge in [-0.1, -0.05) is 19.3 Å². The Bertz CT molecular complexity index is 467. The molecule has 0 spiro atoms. The molecular formula is C17H37NO8P2. The normalized spacial score (nSPS) is 12.5. The zero-order chi connectivity index (χ0) is 21.5. The lowest BCUT2D eigenvalue weighted by atomic mass is 10.1. The van der Waals surface area contributed by atoms with Gasteiger partial charge in [0.25, 0.3) is 0 Å². The average molecular weight is 445 g/mol. The third kappa shape index (κ3) is 9.97. The lowest BCUT2D eigenvalue weighted by molar-refractivity contribution is -0.121.